The second-order valence-electron chi connectivity index (χ2n) is 7.20. The number of anilines is 2. The minimum atomic E-state index is -0.0349. The van der Waals surface area contributed by atoms with Crippen LogP contribution >= 0.6 is 11.8 Å². The molecule has 0 aliphatic carbocycles. The summed E-state index contributed by atoms with van der Waals surface area (Å²) in [4.78, 5) is 34.8. The first kappa shape index (κ1) is 20.3. The Morgan fingerprint density at radius 2 is 2.00 bits per heavy atom. The zero-order valence-electron chi connectivity index (χ0n) is 16.6. The third-order valence-corrected chi connectivity index (χ3v) is 5.39. The molecule has 28 heavy (non-hydrogen) atoms. The first-order valence-electron chi connectivity index (χ1n) is 9.61. The molecule has 7 heteroatoms. The zero-order valence-corrected chi connectivity index (χ0v) is 17.4. The molecule has 1 fully saturated rings. The van der Waals surface area contributed by atoms with Gasteiger partial charge in [-0.25, -0.2) is 9.97 Å². The number of hydrogen-bond donors (Lipinski definition) is 1. The fourth-order valence-corrected chi connectivity index (χ4v) is 3.92. The number of amides is 2. The number of nitrogens with zero attached hydrogens (tertiary/aromatic N) is 3. The van der Waals surface area contributed by atoms with Crippen LogP contribution in [0.25, 0.3) is 0 Å². The monoisotopic (exact) mass is 398 g/mol. The molecule has 1 aromatic carbocycles. The van der Waals surface area contributed by atoms with Crippen molar-refractivity contribution in [3.05, 3.63) is 41.9 Å². The van der Waals surface area contributed by atoms with Crippen molar-refractivity contribution in [3.8, 4) is 0 Å². The van der Waals surface area contributed by atoms with Gasteiger partial charge in [0.05, 0.1) is 5.03 Å². The summed E-state index contributed by atoms with van der Waals surface area (Å²) in [6, 6.07) is 9.39. The predicted octanol–water partition coefficient (Wildman–Crippen LogP) is 4.16. The lowest BCUT2D eigenvalue weighted by atomic mass is 10.2. The highest BCUT2D eigenvalue weighted by atomic mass is 32.2. The summed E-state index contributed by atoms with van der Waals surface area (Å²) >= 11 is 1.57. The summed E-state index contributed by atoms with van der Waals surface area (Å²) in [5, 5.41) is 3.82. The Labute approximate surface area is 170 Å². The van der Waals surface area contributed by atoms with E-state index in [9.17, 15) is 9.59 Å². The molecule has 1 aliphatic heterocycles. The highest BCUT2D eigenvalue weighted by molar-refractivity contribution is 7.99. The molecule has 1 aromatic heterocycles. The van der Waals surface area contributed by atoms with Gasteiger partial charge >= 0.3 is 0 Å². The van der Waals surface area contributed by atoms with Gasteiger partial charge in [0.25, 0.3) is 0 Å². The van der Waals surface area contributed by atoms with Crippen LogP contribution in [-0.4, -0.2) is 34.1 Å². The van der Waals surface area contributed by atoms with E-state index in [4.69, 9.17) is 0 Å². The van der Waals surface area contributed by atoms with E-state index in [1.54, 1.807) is 16.7 Å². The molecule has 1 saturated heterocycles. The molecule has 2 heterocycles. The van der Waals surface area contributed by atoms with Gasteiger partial charge in [0.1, 0.15) is 5.82 Å². The molecule has 0 spiro atoms. The Balaban J connectivity index is 1.49. The third kappa shape index (κ3) is 5.32. The van der Waals surface area contributed by atoms with Crippen molar-refractivity contribution in [3.63, 3.8) is 0 Å². The number of rotatable bonds is 7. The second-order valence-corrected chi connectivity index (χ2v) is 8.32. The summed E-state index contributed by atoms with van der Waals surface area (Å²) in [6.07, 6.45) is 1.91. The van der Waals surface area contributed by atoms with Crippen molar-refractivity contribution >= 4 is 35.0 Å². The maximum Gasteiger partial charge on any atom is 0.227 e. The predicted molar refractivity (Wildman–Crippen MR) is 113 cm³/mol. The summed E-state index contributed by atoms with van der Waals surface area (Å²) in [6.45, 7) is 6.87. The fraction of sp³-hybridized carbons (Fsp3) is 0.429. The minimum Gasteiger partial charge on any atom is -0.326 e. The first-order valence-corrected chi connectivity index (χ1v) is 10.6. The van der Waals surface area contributed by atoms with E-state index in [1.165, 1.54) is 0 Å². The van der Waals surface area contributed by atoms with Crippen molar-refractivity contribution in [1.29, 1.82) is 0 Å². The minimum absolute atomic E-state index is 0.0349. The van der Waals surface area contributed by atoms with Crippen LogP contribution in [0.15, 0.2) is 35.4 Å². The van der Waals surface area contributed by atoms with E-state index in [-0.39, 0.29) is 17.7 Å². The van der Waals surface area contributed by atoms with Gasteiger partial charge in [-0.2, -0.15) is 0 Å². The van der Waals surface area contributed by atoms with Gasteiger partial charge < -0.3 is 10.2 Å². The normalized spacial score (nSPS) is 14.0. The van der Waals surface area contributed by atoms with Crippen molar-refractivity contribution in [2.75, 3.05) is 22.5 Å². The lowest BCUT2D eigenvalue weighted by Crippen LogP contribution is -2.23. The lowest BCUT2D eigenvalue weighted by molar-refractivity contribution is -0.117. The van der Waals surface area contributed by atoms with Crippen molar-refractivity contribution < 1.29 is 9.59 Å². The number of hydrogen-bond acceptors (Lipinski definition) is 5. The van der Waals surface area contributed by atoms with E-state index in [1.807, 2.05) is 37.3 Å². The average Bonchev–Trinajstić information content (AvgIpc) is 3.08. The zero-order chi connectivity index (χ0) is 20.1. The van der Waals surface area contributed by atoms with Crippen LogP contribution in [0.1, 0.15) is 50.5 Å². The summed E-state index contributed by atoms with van der Waals surface area (Å²) in [7, 11) is 0. The molecular formula is C21H26N4O2S. The van der Waals surface area contributed by atoms with Crippen LogP contribution in [0.3, 0.4) is 0 Å². The molecule has 1 aliphatic rings. The number of benzene rings is 1. The van der Waals surface area contributed by atoms with Crippen LogP contribution in [0.4, 0.5) is 11.4 Å². The third-order valence-electron chi connectivity index (χ3n) is 4.48. The Hall–Kier alpha value is -2.41. The first-order chi connectivity index (χ1) is 13.4. The maximum atomic E-state index is 12.2. The van der Waals surface area contributed by atoms with Crippen molar-refractivity contribution in [2.24, 2.45) is 0 Å². The summed E-state index contributed by atoms with van der Waals surface area (Å²) in [5.41, 5.74) is 2.57. The molecule has 0 unspecified atom stereocenters. The number of carbonyl (C=O) groups excluding carboxylic acids is 2. The molecule has 0 bridgehead atoms. The molecular weight excluding hydrogens is 372 g/mol. The molecule has 2 aromatic rings. The summed E-state index contributed by atoms with van der Waals surface area (Å²) < 4.78 is 0. The Kier molecular flexibility index (Phi) is 6.67. The highest BCUT2D eigenvalue weighted by Gasteiger charge is 2.21. The van der Waals surface area contributed by atoms with E-state index in [0.29, 0.717) is 18.6 Å². The molecule has 148 valence electrons. The summed E-state index contributed by atoms with van der Waals surface area (Å²) in [5.74, 6) is 1.90. The molecule has 0 saturated carbocycles. The fourth-order valence-electron chi connectivity index (χ4n) is 3.01. The van der Waals surface area contributed by atoms with Gasteiger partial charge in [0.15, 0.2) is 0 Å². The van der Waals surface area contributed by atoms with Crippen LogP contribution in [-0.2, 0) is 9.59 Å². The van der Waals surface area contributed by atoms with Gasteiger partial charge in [-0.05, 0) is 43.7 Å². The van der Waals surface area contributed by atoms with E-state index < -0.39 is 0 Å². The number of nitrogens with one attached hydrogen (secondary N) is 1. The number of aryl methyl sites for hydroxylation is 1. The van der Waals surface area contributed by atoms with Crippen molar-refractivity contribution in [2.45, 2.75) is 51.0 Å². The smallest absolute Gasteiger partial charge is 0.227 e. The Bertz CT molecular complexity index is 852. The Morgan fingerprint density at radius 3 is 2.64 bits per heavy atom. The van der Waals surface area contributed by atoms with Gasteiger partial charge in [-0.3, -0.25) is 9.59 Å². The number of aromatic nitrogens is 2. The van der Waals surface area contributed by atoms with Crippen LogP contribution < -0.4 is 10.2 Å². The standard InChI is InChI=1S/C21H26N4O2S/c1-14(2)21-22-15(3)13-19(24-21)28-12-10-18(26)23-16-6-8-17(9-7-16)25-11-4-5-20(25)27/h6-9,13-14H,4-5,10-12H2,1-3H3,(H,23,26). The van der Waals surface area contributed by atoms with Gasteiger partial charge in [0, 0.05) is 48.1 Å². The largest absolute Gasteiger partial charge is 0.326 e. The Morgan fingerprint density at radius 1 is 1.25 bits per heavy atom. The second kappa shape index (κ2) is 9.19. The van der Waals surface area contributed by atoms with Gasteiger partial charge in [-0.1, -0.05) is 13.8 Å². The van der Waals surface area contributed by atoms with Crippen LogP contribution in [0.2, 0.25) is 0 Å². The number of carbonyl (C=O) groups is 2. The average molecular weight is 399 g/mol. The molecule has 3 rings (SSSR count). The SMILES string of the molecule is Cc1cc(SCCC(=O)Nc2ccc(N3CCCC3=O)cc2)nc(C(C)C)n1. The van der Waals surface area contributed by atoms with E-state index >= 15 is 0 Å². The topological polar surface area (TPSA) is 75.2 Å². The van der Waals surface area contributed by atoms with E-state index in [0.717, 1.165) is 40.9 Å². The molecule has 2 amide bonds. The number of thioether (sulfide) groups is 1. The van der Waals surface area contributed by atoms with Crippen LogP contribution in [0, 0.1) is 6.92 Å². The lowest BCUT2D eigenvalue weighted by Gasteiger charge is -2.16. The molecule has 0 atom stereocenters. The van der Waals surface area contributed by atoms with Crippen LogP contribution in [0.5, 0.6) is 0 Å². The highest BCUT2D eigenvalue weighted by Crippen LogP contribution is 2.24. The molecule has 1 N–H and O–H groups in total. The van der Waals surface area contributed by atoms with Gasteiger partial charge in [-0.15, -0.1) is 11.8 Å². The molecule has 0 radical (unpaired) electrons. The van der Waals surface area contributed by atoms with E-state index in [2.05, 4.69) is 29.1 Å². The maximum absolute atomic E-state index is 12.2. The molecule has 6 nitrogen and oxygen atoms in total. The van der Waals surface area contributed by atoms with Gasteiger partial charge in [0.2, 0.25) is 11.8 Å². The van der Waals surface area contributed by atoms with Crippen molar-refractivity contribution in [1.82, 2.24) is 9.97 Å². The quantitative estimate of drug-likeness (QED) is 0.560.